The molecule has 3 aromatic rings. The summed E-state index contributed by atoms with van der Waals surface area (Å²) < 4.78 is 24.6. The number of halogens is 1. The van der Waals surface area contributed by atoms with E-state index in [0.29, 0.717) is 18.1 Å². The Morgan fingerprint density at radius 3 is 2.89 bits per heavy atom. The molecule has 2 aromatic carbocycles. The van der Waals surface area contributed by atoms with Crippen molar-refractivity contribution >= 4 is 22.3 Å². The first-order chi connectivity index (χ1) is 13.7. The molecular weight excluding hydrogens is 357 g/mol. The van der Waals surface area contributed by atoms with Crippen molar-refractivity contribution in [3.05, 3.63) is 47.9 Å². The maximum Gasteiger partial charge on any atom is 0.170 e. The second-order valence-electron chi connectivity index (χ2n) is 7.14. The number of nitrogens with zero attached hydrogens (tertiary/aromatic N) is 2. The highest BCUT2D eigenvalue weighted by molar-refractivity contribution is 5.80. The van der Waals surface area contributed by atoms with Gasteiger partial charge in [0.15, 0.2) is 11.3 Å². The van der Waals surface area contributed by atoms with Gasteiger partial charge in [-0.15, -0.1) is 0 Å². The molecular formula is C22H25FN3O2. The second kappa shape index (κ2) is 8.09. The number of aromatic nitrogens is 1. The lowest BCUT2D eigenvalue weighted by molar-refractivity contribution is 0.318. The molecule has 147 valence electrons. The van der Waals surface area contributed by atoms with Gasteiger partial charge in [0.2, 0.25) is 0 Å². The van der Waals surface area contributed by atoms with Crippen LogP contribution in [0.4, 0.5) is 15.8 Å². The van der Waals surface area contributed by atoms with Crippen molar-refractivity contribution in [2.45, 2.75) is 32.1 Å². The van der Waals surface area contributed by atoms with Crippen molar-refractivity contribution < 1.29 is 13.7 Å². The van der Waals surface area contributed by atoms with E-state index >= 15 is 0 Å². The zero-order chi connectivity index (χ0) is 19.5. The minimum atomic E-state index is -0.299. The number of hydrogen-bond donors (Lipinski definition) is 1. The smallest absolute Gasteiger partial charge is 0.170 e. The molecule has 5 nitrogen and oxygen atoms in total. The molecule has 0 atom stereocenters. The third-order valence-corrected chi connectivity index (χ3v) is 5.32. The van der Waals surface area contributed by atoms with E-state index in [1.165, 1.54) is 12.1 Å². The fraction of sp³-hybridized carbons (Fsp3) is 0.409. The van der Waals surface area contributed by atoms with Gasteiger partial charge in [0.1, 0.15) is 11.5 Å². The van der Waals surface area contributed by atoms with Crippen LogP contribution in [-0.2, 0) is 0 Å². The Kier molecular flexibility index (Phi) is 5.37. The molecule has 0 aliphatic carbocycles. The fourth-order valence-corrected chi connectivity index (χ4v) is 3.91. The van der Waals surface area contributed by atoms with Crippen molar-refractivity contribution in [1.82, 2.24) is 5.16 Å². The van der Waals surface area contributed by atoms with Crippen LogP contribution in [0.3, 0.4) is 0 Å². The molecule has 4 rings (SSSR count). The first kappa shape index (κ1) is 18.6. The fourth-order valence-electron chi connectivity index (χ4n) is 3.91. The van der Waals surface area contributed by atoms with E-state index in [4.69, 9.17) is 9.26 Å². The minimum Gasteiger partial charge on any atom is -0.491 e. The lowest BCUT2D eigenvalue weighted by Crippen LogP contribution is -2.33. The molecule has 1 aromatic heterocycles. The number of nitrogens with one attached hydrogen (secondary N) is 1. The minimum absolute atomic E-state index is 0.299. The number of anilines is 2. The van der Waals surface area contributed by atoms with E-state index in [1.807, 2.05) is 13.1 Å². The van der Waals surface area contributed by atoms with Gasteiger partial charge in [-0.3, -0.25) is 0 Å². The van der Waals surface area contributed by atoms with Crippen molar-refractivity contribution in [2.75, 3.05) is 37.0 Å². The van der Waals surface area contributed by atoms with E-state index in [9.17, 15) is 4.39 Å². The maximum absolute atomic E-state index is 13.4. The second-order valence-corrected chi connectivity index (χ2v) is 7.14. The lowest BCUT2D eigenvalue weighted by atomic mass is 9.91. The Bertz CT molecular complexity index is 948. The standard InChI is InChI=1S/C22H25FN3O2/c1-3-13-27-19-6-4-5-18(22(19)24-2)26-11-9-15(10-12-26)21-17-8-7-16(23)14-20(17)28-25-21/h4-5,7-8,14-15,24H,3,9-13H2,1-2H3. The summed E-state index contributed by atoms with van der Waals surface area (Å²) in [5.74, 6) is 0.784. The Balaban J connectivity index is 1.51. The highest BCUT2D eigenvalue weighted by Crippen LogP contribution is 2.39. The molecule has 0 amide bonds. The average molecular weight is 382 g/mol. The van der Waals surface area contributed by atoms with E-state index in [0.717, 1.165) is 60.6 Å². The first-order valence-electron chi connectivity index (χ1n) is 9.86. The van der Waals surface area contributed by atoms with E-state index in [2.05, 4.69) is 34.4 Å². The molecule has 2 heterocycles. The van der Waals surface area contributed by atoms with Crippen molar-refractivity contribution in [3.63, 3.8) is 0 Å². The van der Waals surface area contributed by atoms with Gasteiger partial charge in [-0.1, -0.05) is 12.1 Å². The Morgan fingerprint density at radius 1 is 1.32 bits per heavy atom. The van der Waals surface area contributed by atoms with Gasteiger partial charge in [-0.2, -0.15) is 0 Å². The topological polar surface area (TPSA) is 50.5 Å². The number of hydrogen-bond acceptors (Lipinski definition) is 5. The van der Waals surface area contributed by atoms with E-state index < -0.39 is 0 Å². The zero-order valence-corrected chi connectivity index (χ0v) is 16.3. The van der Waals surface area contributed by atoms with E-state index in [1.54, 1.807) is 6.07 Å². The largest absolute Gasteiger partial charge is 0.491 e. The van der Waals surface area contributed by atoms with Gasteiger partial charge < -0.3 is 19.5 Å². The summed E-state index contributed by atoms with van der Waals surface area (Å²) in [6.45, 7) is 4.59. The van der Waals surface area contributed by atoms with Gasteiger partial charge in [0.25, 0.3) is 0 Å². The lowest BCUT2D eigenvalue weighted by Gasteiger charge is -2.34. The molecule has 1 aliphatic rings. The molecule has 0 bridgehead atoms. The van der Waals surface area contributed by atoms with Crippen LogP contribution in [0.25, 0.3) is 11.0 Å². The molecule has 28 heavy (non-hydrogen) atoms. The number of benzene rings is 2. The normalized spacial score (nSPS) is 15.2. The van der Waals surface area contributed by atoms with Crippen LogP contribution in [0.5, 0.6) is 5.75 Å². The average Bonchev–Trinajstić information content (AvgIpc) is 3.15. The number of piperidine rings is 1. The monoisotopic (exact) mass is 382 g/mol. The van der Waals surface area contributed by atoms with Gasteiger partial charge in [0, 0.05) is 43.6 Å². The highest BCUT2D eigenvalue weighted by atomic mass is 19.1. The Labute approximate surface area is 164 Å². The summed E-state index contributed by atoms with van der Waals surface area (Å²) in [6, 6.07) is 11.8. The number of rotatable bonds is 6. The maximum atomic E-state index is 13.4. The van der Waals surface area contributed by atoms with Gasteiger partial charge >= 0.3 is 0 Å². The molecule has 0 saturated carbocycles. The third-order valence-electron chi connectivity index (χ3n) is 5.32. The van der Waals surface area contributed by atoms with Crippen LogP contribution in [0.15, 0.2) is 34.9 Å². The molecule has 0 spiro atoms. The van der Waals surface area contributed by atoms with Crippen LogP contribution in [-0.4, -0.2) is 31.9 Å². The number of fused-ring (bicyclic) bond motifs is 1. The van der Waals surface area contributed by atoms with E-state index in [-0.39, 0.29) is 5.82 Å². The van der Waals surface area contributed by atoms with Crippen LogP contribution >= 0.6 is 0 Å². The van der Waals surface area contributed by atoms with Crippen LogP contribution < -0.4 is 15.0 Å². The van der Waals surface area contributed by atoms with Crippen LogP contribution in [0, 0.1) is 11.9 Å². The quantitative estimate of drug-likeness (QED) is 0.651. The van der Waals surface area contributed by atoms with Gasteiger partial charge in [-0.05, 0) is 43.5 Å². The summed E-state index contributed by atoms with van der Waals surface area (Å²) in [6.07, 6.45) is 2.89. The molecule has 1 radical (unpaired) electrons. The van der Waals surface area contributed by atoms with Gasteiger partial charge in [0.05, 0.1) is 18.0 Å². The molecule has 1 aliphatic heterocycles. The summed E-state index contributed by atoms with van der Waals surface area (Å²) in [5, 5.41) is 8.44. The van der Waals surface area contributed by atoms with Crippen molar-refractivity contribution in [1.29, 1.82) is 0 Å². The molecule has 0 unspecified atom stereocenters. The molecule has 1 saturated heterocycles. The summed E-state index contributed by atoms with van der Waals surface area (Å²) in [7, 11) is 1.92. The first-order valence-corrected chi connectivity index (χ1v) is 9.86. The molecule has 1 N–H and O–H groups in total. The summed E-state index contributed by atoms with van der Waals surface area (Å²) in [4.78, 5) is 2.37. The SMILES string of the molecule is CCCOc1[c]ccc(N2CCC(c3noc4cc(F)ccc34)CC2)c1NC. The third kappa shape index (κ3) is 3.51. The highest BCUT2D eigenvalue weighted by Gasteiger charge is 2.26. The summed E-state index contributed by atoms with van der Waals surface area (Å²) in [5.41, 5.74) is 3.58. The van der Waals surface area contributed by atoms with Gasteiger partial charge in [-0.25, -0.2) is 4.39 Å². The molecule has 6 heteroatoms. The number of ether oxygens (including phenoxy) is 1. The predicted molar refractivity (Wildman–Crippen MR) is 109 cm³/mol. The Hall–Kier alpha value is -2.76. The predicted octanol–water partition coefficient (Wildman–Crippen LogP) is 4.98. The van der Waals surface area contributed by atoms with Crippen LogP contribution in [0.2, 0.25) is 0 Å². The van der Waals surface area contributed by atoms with Crippen molar-refractivity contribution in [2.24, 2.45) is 0 Å². The molecule has 1 fully saturated rings. The Morgan fingerprint density at radius 2 is 2.14 bits per heavy atom. The zero-order valence-electron chi connectivity index (χ0n) is 16.3. The summed E-state index contributed by atoms with van der Waals surface area (Å²) >= 11 is 0. The van der Waals surface area contributed by atoms with Crippen molar-refractivity contribution in [3.8, 4) is 5.75 Å². The van der Waals surface area contributed by atoms with Crippen LogP contribution in [0.1, 0.15) is 37.8 Å².